The zero-order valence-corrected chi connectivity index (χ0v) is 16.2. The van der Waals surface area contributed by atoms with Gasteiger partial charge in [0, 0.05) is 23.5 Å². The van der Waals surface area contributed by atoms with Crippen LogP contribution in [0.2, 0.25) is 0 Å². The molecule has 8 heteroatoms. The molecular weight excluding hydrogens is 336 g/mol. The molecular formula is C17H26N6OS. The molecule has 3 N–H and O–H groups in total. The Balaban J connectivity index is 1.96. The molecule has 0 saturated carbocycles. The lowest BCUT2D eigenvalue weighted by atomic mass is 9.82. The highest BCUT2D eigenvalue weighted by atomic mass is 32.2. The Kier molecular flexibility index (Phi) is 5.72. The number of nitrogens with zero attached hydrogens (tertiary/aromatic N) is 4. The van der Waals surface area contributed by atoms with Crippen molar-refractivity contribution in [3.8, 4) is 11.4 Å². The minimum atomic E-state index is -0.271. The van der Waals surface area contributed by atoms with Gasteiger partial charge < -0.3 is 11.2 Å². The summed E-state index contributed by atoms with van der Waals surface area (Å²) < 4.78 is 1.38. The van der Waals surface area contributed by atoms with Crippen LogP contribution in [0.4, 0.5) is 0 Å². The van der Waals surface area contributed by atoms with E-state index in [0.29, 0.717) is 11.0 Å². The van der Waals surface area contributed by atoms with Gasteiger partial charge in [-0.05, 0) is 37.8 Å². The van der Waals surface area contributed by atoms with E-state index < -0.39 is 0 Å². The number of nitrogens with one attached hydrogen (secondary N) is 1. The highest BCUT2D eigenvalue weighted by molar-refractivity contribution is 7.99. The third-order valence-corrected chi connectivity index (χ3v) is 4.31. The third-order valence-electron chi connectivity index (χ3n) is 3.37. The van der Waals surface area contributed by atoms with Crippen LogP contribution in [-0.2, 0) is 4.79 Å². The summed E-state index contributed by atoms with van der Waals surface area (Å²) in [5.74, 6) is 6.74. The summed E-state index contributed by atoms with van der Waals surface area (Å²) in [6.45, 7) is 10.5. The standard InChI is InChI=1S/C17H26N6OS/c1-16(2,3)11-17(4,5)20-13(24)10-25-15-22-21-14(23(15)18)12-7-6-8-19-9-12/h6-9H,10-11,18H2,1-5H3,(H,20,24). The Morgan fingerprint density at radius 1 is 1.28 bits per heavy atom. The number of thioether (sulfide) groups is 1. The number of nitrogens with two attached hydrogens (primary N) is 1. The van der Waals surface area contributed by atoms with E-state index in [9.17, 15) is 4.79 Å². The fourth-order valence-corrected chi connectivity index (χ4v) is 3.64. The molecule has 0 aliphatic carbocycles. The molecule has 0 aliphatic heterocycles. The summed E-state index contributed by atoms with van der Waals surface area (Å²) in [4.78, 5) is 16.3. The van der Waals surface area contributed by atoms with Gasteiger partial charge in [0.2, 0.25) is 11.1 Å². The van der Waals surface area contributed by atoms with Crippen molar-refractivity contribution in [1.29, 1.82) is 0 Å². The van der Waals surface area contributed by atoms with Gasteiger partial charge in [0.25, 0.3) is 0 Å². The van der Waals surface area contributed by atoms with Crippen molar-refractivity contribution in [3.05, 3.63) is 24.5 Å². The number of rotatable bonds is 6. The van der Waals surface area contributed by atoms with Crippen molar-refractivity contribution in [2.24, 2.45) is 5.41 Å². The van der Waals surface area contributed by atoms with Crippen molar-refractivity contribution in [3.63, 3.8) is 0 Å². The molecule has 0 unspecified atom stereocenters. The highest BCUT2D eigenvalue weighted by Crippen LogP contribution is 2.27. The summed E-state index contributed by atoms with van der Waals surface area (Å²) in [6.07, 6.45) is 4.23. The minimum Gasteiger partial charge on any atom is -0.350 e. The third kappa shape index (κ3) is 5.74. The van der Waals surface area contributed by atoms with Crippen molar-refractivity contribution in [2.45, 2.75) is 51.7 Å². The molecule has 25 heavy (non-hydrogen) atoms. The fraction of sp³-hybridized carbons (Fsp3) is 0.529. The smallest absolute Gasteiger partial charge is 0.230 e. The Bertz CT molecular complexity index is 720. The van der Waals surface area contributed by atoms with Crippen LogP contribution in [0.3, 0.4) is 0 Å². The number of nitrogen functional groups attached to an aromatic ring is 1. The molecule has 2 rings (SSSR count). The number of hydrogen-bond donors (Lipinski definition) is 2. The topological polar surface area (TPSA) is 98.7 Å². The second-order valence-electron chi connectivity index (χ2n) is 7.88. The van der Waals surface area contributed by atoms with E-state index in [1.165, 1.54) is 16.4 Å². The van der Waals surface area contributed by atoms with Gasteiger partial charge in [-0.25, -0.2) is 4.68 Å². The number of carbonyl (C=O) groups is 1. The van der Waals surface area contributed by atoms with Gasteiger partial charge in [-0.3, -0.25) is 9.78 Å². The zero-order valence-electron chi connectivity index (χ0n) is 15.4. The lowest BCUT2D eigenvalue weighted by Gasteiger charge is -2.33. The number of carbonyl (C=O) groups excluding carboxylic acids is 1. The van der Waals surface area contributed by atoms with E-state index >= 15 is 0 Å². The van der Waals surface area contributed by atoms with Crippen LogP contribution < -0.4 is 11.2 Å². The molecule has 0 bridgehead atoms. The van der Waals surface area contributed by atoms with Crippen LogP contribution >= 0.6 is 11.8 Å². The fourth-order valence-electron chi connectivity index (χ4n) is 2.98. The number of hydrogen-bond acceptors (Lipinski definition) is 6. The lowest BCUT2D eigenvalue weighted by molar-refractivity contribution is -0.120. The van der Waals surface area contributed by atoms with E-state index in [-0.39, 0.29) is 22.6 Å². The van der Waals surface area contributed by atoms with Gasteiger partial charge in [-0.1, -0.05) is 32.5 Å². The summed E-state index contributed by atoms with van der Waals surface area (Å²) in [5.41, 5.74) is 0.646. The zero-order chi connectivity index (χ0) is 18.7. The van der Waals surface area contributed by atoms with Gasteiger partial charge >= 0.3 is 0 Å². The number of aromatic nitrogens is 4. The lowest BCUT2D eigenvalue weighted by Crippen LogP contribution is -2.46. The van der Waals surface area contributed by atoms with Gasteiger partial charge in [-0.2, -0.15) is 0 Å². The first-order valence-electron chi connectivity index (χ1n) is 8.12. The first-order chi connectivity index (χ1) is 11.6. The first kappa shape index (κ1) is 19.2. The molecule has 0 saturated heterocycles. The maximum atomic E-state index is 12.3. The minimum absolute atomic E-state index is 0.0508. The molecule has 136 valence electrons. The van der Waals surface area contributed by atoms with Crippen LogP contribution in [-0.4, -0.2) is 37.1 Å². The Morgan fingerprint density at radius 3 is 2.60 bits per heavy atom. The van der Waals surface area contributed by atoms with Gasteiger partial charge in [-0.15, -0.1) is 10.2 Å². The molecule has 2 aromatic heterocycles. The molecule has 0 radical (unpaired) electrons. The largest absolute Gasteiger partial charge is 0.350 e. The van der Waals surface area contributed by atoms with Crippen molar-refractivity contribution < 1.29 is 4.79 Å². The second-order valence-corrected chi connectivity index (χ2v) is 8.82. The quantitative estimate of drug-likeness (QED) is 0.605. The second kappa shape index (κ2) is 7.43. The first-order valence-corrected chi connectivity index (χ1v) is 9.11. The molecule has 0 aliphatic rings. The van der Waals surface area contributed by atoms with E-state index in [1.54, 1.807) is 12.4 Å². The number of pyridine rings is 1. The Hall–Kier alpha value is -2.09. The summed E-state index contributed by atoms with van der Waals surface area (Å²) in [7, 11) is 0. The molecule has 0 fully saturated rings. The van der Waals surface area contributed by atoms with Gasteiger partial charge in [0.1, 0.15) is 0 Å². The van der Waals surface area contributed by atoms with Crippen LogP contribution in [0.5, 0.6) is 0 Å². The summed E-state index contributed by atoms with van der Waals surface area (Å²) in [6, 6.07) is 3.66. The normalized spacial score (nSPS) is 12.2. The Morgan fingerprint density at radius 2 is 2.00 bits per heavy atom. The van der Waals surface area contributed by atoms with Crippen LogP contribution in [0, 0.1) is 5.41 Å². The van der Waals surface area contributed by atoms with Crippen molar-refractivity contribution in [2.75, 3.05) is 11.6 Å². The predicted molar refractivity (Wildman–Crippen MR) is 100 cm³/mol. The number of amides is 1. The summed E-state index contributed by atoms with van der Waals surface area (Å²) in [5, 5.41) is 11.7. The molecule has 7 nitrogen and oxygen atoms in total. The highest BCUT2D eigenvalue weighted by Gasteiger charge is 2.27. The average Bonchev–Trinajstić information content (AvgIpc) is 2.84. The van der Waals surface area contributed by atoms with Crippen molar-refractivity contribution >= 4 is 17.7 Å². The van der Waals surface area contributed by atoms with E-state index in [1.807, 2.05) is 26.0 Å². The molecule has 0 spiro atoms. The molecule has 2 heterocycles. The van der Waals surface area contributed by atoms with E-state index in [2.05, 4.69) is 41.3 Å². The Labute approximate surface area is 152 Å². The predicted octanol–water partition coefficient (Wildman–Crippen LogP) is 2.48. The monoisotopic (exact) mass is 362 g/mol. The van der Waals surface area contributed by atoms with Gasteiger partial charge in [0.05, 0.1) is 5.75 Å². The van der Waals surface area contributed by atoms with Crippen LogP contribution in [0.15, 0.2) is 29.7 Å². The van der Waals surface area contributed by atoms with Crippen LogP contribution in [0.25, 0.3) is 11.4 Å². The maximum Gasteiger partial charge on any atom is 0.230 e. The SMILES string of the molecule is CC(C)(C)CC(C)(C)NC(=O)CSc1nnc(-c2cccnc2)n1N. The van der Waals surface area contributed by atoms with Crippen molar-refractivity contribution in [1.82, 2.24) is 25.2 Å². The van der Waals surface area contributed by atoms with Gasteiger partial charge in [0.15, 0.2) is 5.82 Å². The average molecular weight is 363 g/mol. The molecule has 0 atom stereocenters. The molecule has 1 amide bonds. The molecule has 2 aromatic rings. The van der Waals surface area contributed by atoms with E-state index in [4.69, 9.17) is 5.84 Å². The van der Waals surface area contributed by atoms with E-state index in [0.717, 1.165) is 12.0 Å². The molecule has 0 aromatic carbocycles. The maximum absolute atomic E-state index is 12.3. The summed E-state index contributed by atoms with van der Waals surface area (Å²) >= 11 is 1.26. The van der Waals surface area contributed by atoms with Crippen LogP contribution in [0.1, 0.15) is 41.0 Å².